The van der Waals surface area contributed by atoms with Gasteiger partial charge in [-0.2, -0.15) is 0 Å². The fraction of sp³-hybridized carbons (Fsp3) is 0.176. The van der Waals surface area contributed by atoms with Crippen LogP contribution in [0.4, 0.5) is 5.69 Å². The molecule has 0 aliphatic carbocycles. The van der Waals surface area contributed by atoms with Crippen molar-refractivity contribution in [3.63, 3.8) is 0 Å². The van der Waals surface area contributed by atoms with Crippen molar-refractivity contribution in [1.29, 1.82) is 0 Å². The summed E-state index contributed by atoms with van der Waals surface area (Å²) in [5, 5.41) is 3.09. The maximum atomic E-state index is 12.2. The summed E-state index contributed by atoms with van der Waals surface area (Å²) >= 11 is 0. The monoisotopic (exact) mass is 328 g/mol. The Kier molecular flexibility index (Phi) is 3.99. The number of nitrogens with one attached hydrogen (secondary N) is 1. The molecule has 3 N–H and O–H groups in total. The molecule has 3 rings (SSSR count). The van der Waals surface area contributed by atoms with Crippen molar-refractivity contribution >= 4 is 17.6 Å². The third kappa shape index (κ3) is 2.60. The molecule has 0 saturated carbocycles. The van der Waals surface area contributed by atoms with Crippen LogP contribution >= 0.6 is 0 Å². The summed E-state index contributed by atoms with van der Waals surface area (Å²) in [6.45, 7) is 0. The van der Waals surface area contributed by atoms with Gasteiger partial charge < -0.3 is 25.3 Å². The highest BCUT2D eigenvalue weighted by atomic mass is 16.6. The van der Waals surface area contributed by atoms with Crippen molar-refractivity contribution in [2.75, 3.05) is 19.5 Å². The van der Waals surface area contributed by atoms with Crippen molar-refractivity contribution < 1.29 is 23.8 Å². The highest BCUT2D eigenvalue weighted by Crippen LogP contribution is 2.41. The zero-order valence-corrected chi connectivity index (χ0v) is 13.2. The van der Waals surface area contributed by atoms with Gasteiger partial charge in [0.1, 0.15) is 5.56 Å². The van der Waals surface area contributed by atoms with Gasteiger partial charge in [-0.3, -0.25) is 4.79 Å². The minimum absolute atomic E-state index is 0.336. The summed E-state index contributed by atoms with van der Waals surface area (Å²) in [6.07, 6.45) is -0.660. The summed E-state index contributed by atoms with van der Waals surface area (Å²) in [5.74, 6) is -0.198. The normalized spacial score (nSPS) is 15.4. The molecule has 0 spiro atoms. The van der Waals surface area contributed by atoms with Crippen molar-refractivity contribution in [1.82, 2.24) is 0 Å². The average Bonchev–Trinajstić information content (AvgIpc) is 2.90. The summed E-state index contributed by atoms with van der Waals surface area (Å²) in [5.41, 5.74) is 7.28. The molecule has 1 aliphatic heterocycles. The van der Waals surface area contributed by atoms with Gasteiger partial charge in [0.05, 0.1) is 14.2 Å². The molecule has 24 heavy (non-hydrogen) atoms. The van der Waals surface area contributed by atoms with Crippen LogP contribution in [0.5, 0.6) is 11.5 Å². The second-order valence-electron chi connectivity index (χ2n) is 5.14. The first-order chi connectivity index (χ1) is 11.5. The van der Waals surface area contributed by atoms with Crippen LogP contribution in [0.25, 0.3) is 0 Å². The molecule has 124 valence electrons. The molecule has 0 fully saturated rings. The number of fused-ring (bicyclic) bond motifs is 1. The molecular formula is C17H16N2O5. The van der Waals surface area contributed by atoms with Crippen LogP contribution in [0, 0.1) is 0 Å². The van der Waals surface area contributed by atoms with Gasteiger partial charge in [0.15, 0.2) is 11.5 Å². The number of amides is 1. The van der Waals surface area contributed by atoms with E-state index < -0.39 is 18.1 Å². The van der Waals surface area contributed by atoms with Crippen molar-refractivity contribution in [2.24, 2.45) is 5.73 Å². The van der Waals surface area contributed by atoms with E-state index in [1.54, 1.807) is 36.4 Å². The van der Waals surface area contributed by atoms with Crippen LogP contribution in [0.2, 0.25) is 0 Å². The van der Waals surface area contributed by atoms with Crippen LogP contribution < -0.4 is 20.5 Å². The molecule has 1 aliphatic rings. The molecule has 1 amide bonds. The van der Waals surface area contributed by atoms with Gasteiger partial charge in [-0.25, -0.2) is 4.79 Å². The lowest BCUT2D eigenvalue weighted by Crippen LogP contribution is -2.12. The van der Waals surface area contributed by atoms with Crippen molar-refractivity contribution in [3.8, 4) is 11.5 Å². The first kappa shape index (κ1) is 15.7. The van der Waals surface area contributed by atoms with E-state index in [-0.39, 0.29) is 0 Å². The fourth-order valence-electron chi connectivity index (χ4n) is 2.59. The van der Waals surface area contributed by atoms with Crippen LogP contribution in [0.15, 0.2) is 36.4 Å². The Morgan fingerprint density at radius 1 is 1.12 bits per heavy atom. The minimum Gasteiger partial charge on any atom is -0.493 e. The third-order valence-electron chi connectivity index (χ3n) is 3.76. The fourth-order valence-corrected chi connectivity index (χ4v) is 2.59. The predicted octanol–water partition coefficient (Wildman–Crippen LogP) is 2.08. The molecule has 0 saturated heterocycles. The first-order valence-electron chi connectivity index (χ1n) is 7.17. The van der Waals surface area contributed by atoms with Crippen LogP contribution in [0.1, 0.15) is 32.5 Å². The predicted molar refractivity (Wildman–Crippen MR) is 86.3 cm³/mol. The Balaban J connectivity index is 1.91. The van der Waals surface area contributed by atoms with Crippen LogP contribution in [0.3, 0.4) is 0 Å². The topological polar surface area (TPSA) is 99.9 Å². The highest BCUT2D eigenvalue weighted by molar-refractivity contribution is 5.98. The number of benzene rings is 2. The van der Waals surface area contributed by atoms with Crippen molar-refractivity contribution in [3.05, 3.63) is 53.1 Å². The number of cyclic esters (lactones) is 1. The standard InChI is InChI=1S/C17H16N2O5/c1-22-12-8-7-11-13(14(12)23-2)17(21)24-16(11)19-10-5-3-9(4-6-10)15(18)20/h3-8,16,19H,1-2H3,(H2,18,20)/t16-/m0/s1. The van der Waals surface area contributed by atoms with Gasteiger partial charge in [-0.05, 0) is 36.4 Å². The van der Waals surface area contributed by atoms with E-state index in [1.807, 2.05) is 0 Å². The van der Waals surface area contributed by atoms with Gasteiger partial charge in [-0.15, -0.1) is 0 Å². The van der Waals surface area contributed by atoms with E-state index in [0.717, 1.165) is 0 Å². The first-order valence-corrected chi connectivity index (χ1v) is 7.17. The lowest BCUT2D eigenvalue weighted by molar-refractivity contribution is 0.0435. The molecule has 7 nitrogen and oxygen atoms in total. The molecule has 0 radical (unpaired) electrons. The molecule has 1 heterocycles. The molecule has 1 atom stereocenters. The van der Waals surface area contributed by atoms with Gasteiger partial charge >= 0.3 is 5.97 Å². The zero-order chi connectivity index (χ0) is 17.3. The maximum absolute atomic E-state index is 12.2. The van der Waals surface area contributed by atoms with Gasteiger partial charge in [-0.1, -0.05) is 0 Å². The number of methoxy groups -OCH3 is 2. The van der Waals surface area contributed by atoms with E-state index in [1.165, 1.54) is 14.2 Å². The average molecular weight is 328 g/mol. The van der Waals surface area contributed by atoms with Crippen LogP contribution in [-0.2, 0) is 4.74 Å². The third-order valence-corrected chi connectivity index (χ3v) is 3.76. The quantitative estimate of drug-likeness (QED) is 0.815. The molecule has 2 aromatic rings. The number of nitrogens with two attached hydrogens (primary N) is 1. The van der Waals surface area contributed by atoms with E-state index in [0.29, 0.717) is 33.9 Å². The Hall–Kier alpha value is -3.22. The Morgan fingerprint density at radius 2 is 1.83 bits per heavy atom. The second-order valence-corrected chi connectivity index (χ2v) is 5.14. The molecular weight excluding hydrogens is 312 g/mol. The van der Waals surface area contributed by atoms with Crippen molar-refractivity contribution in [2.45, 2.75) is 6.23 Å². The Labute approximate surface area is 138 Å². The number of esters is 1. The lowest BCUT2D eigenvalue weighted by atomic mass is 10.1. The summed E-state index contributed by atoms with van der Waals surface area (Å²) in [6, 6.07) is 10.0. The zero-order valence-electron chi connectivity index (χ0n) is 13.2. The number of rotatable bonds is 5. The largest absolute Gasteiger partial charge is 0.493 e. The van der Waals surface area contributed by atoms with E-state index in [2.05, 4.69) is 5.32 Å². The molecule has 0 unspecified atom stereocenters. The molecule has 0 bridgehead atoms. The van der Waals surface area contributed by atoms with E-state index >= 15 is 0 Å². The highest BCUT2D eigenvalue weighted by Gasteiger charge is 2.35. The number of anilines is 1. The number of primary amides is 1. The smallest absolute Gasteiger partial charge is 0.344 e. The number of hydrogen-bond donors (Lipinski definition) is 2. The lowest BCUT2D eigenvalue weighted by Gasteiger charge is -2.15. The van der Waals surface area contributed by atoms with E-state index in [4.69, 9.17) is 19.9 Å². The van der Waals surface area contributed by atoms with Gasteiger partial charge in [0.25, 0.3) is 0 Å². The Morgan fingerprint density at radius 3 is 2.42 bits per heavy atom. The minimum atomic E-state index is -0.660. The molecule has 0 aromatic heterocycles. The van der Waals surface area contributed by atoms with Gasteiger partial charge in [0, 0.05) is 16.8 Å². The Bertz CT molecular complexity index is 801. The number of hydrogen-bond acceptors (Lipinski definition) is 6. The second kappa shape index (κ2) is 6.11. The summed E-state index contributed by atoms with van der Waals surface area (Å²) in [4.78, 5) is 23.3. The summed E-state index contributed by atoms with van der Waals surface area (Å²) in [7, 11) is 2.97. The van der Waals surface area contributed by atoms with Crippen LogP contribution in [-0.4, -0.2) is 26.1 Å². The van der Waals surface area contributed by atoms with E-state index in [9.17, 15) is 9.59 Å². The number of ether oxygens (including phenoxy) is 3. The maximum Gasteiger partial charge on any atom is 0.344 e. The summed E-state index contributed by atoms with van der Waals surface area (Å²) < 4.78 is 15.9. The van der Waals surface area contributed by atoms with Gasteiger partial charge in [0.2, 0.25) is 12.1 Å². The SMILES string of the molecule is COc1ccc2c(c1OC)C(=O)O[C@@H]2Nc1ccc(C(N)=O)cc1. The molecule has 2 aromatic carbocycles. The number of carbonyl (C=O) groups is 2. The molecule has 7 heteroatoms. The number of carbonyl (C=O) groups excluding carboxylic acids is 2.